The second-order valence-corrected chi connectivity index (χ2v) is 8.60. The van der Waals surface area contributed by atoms with Crippen LogP contribution in [0.25, 0.3) is 0 Å². The first-order valence-corrected chi connectivity index (χ1v) is 8.90. The van der Waals surface area contributed by atoms with Gasteiger partial charge in [-0.25, -0.2) is 18.2 Å². The summed E-state index contributed by atoms with van der Waals surface area (Å²) in [5, 5.41) is 9.87. The van der Waals surface area contributed by atoms with E-state index >= 15 is 0 Å². The Hall–Kier alpha value is -1.03. The van der Waals surface area contributed by atoms with Gasteiger partial charge in [0.2, 0.25) is 0 Å². The monoisotopic (exact) mass is 332 g/mol. The zero-order valence-corrected chi connectivity index (χ0v) is 13.1. The summed E-state index contributed by atoms with van der Waals surface area (Å²) in [6, 6.07) is 0. The normalized spacial score (nSPS) is 22.0. The summed E-state index contributed by atoms with van der Waals surface area (Å²) in [5.41, 5.74) is 0. The maximum atomic E-state index is 12.4. The van der Waals surface area contributed by atoms with Crippen molar-refractivity contribution in [1.29, 1.82) is 0 Å². The number of methoxy groups -OCH3 is 1. The molecule has 0 spiro atoms. The zero-order chi connectivity index (χ0) is 15.2. The number of aromatic nitrogens is 1. The number of carboxylic acid groups (broad SMARTS) is 1. The summed E-state index contributed by atoms with van der Waals surface area (Å²) in [4.78, 5) is 15.2. The molecule has 1 aromatic rings. The highest BCUT2D eigenvalue weighted by atomic mass is 32.2. The van der Waals surface area contributed by atoms with Gasteiger partial charge in [0.15, 0.2) is 10.3 Å². The highest BCUT2D eigenvalue weighted by molar-refractivity contribution is 7.91. The Balaban J connectivity index is 1.68. The molecular formula is C12H16N2O5S2. The largest absolute Gasteiger partial charge is 0.479 e. The molecule has 1 atom stereocenters. The minimum atomic E-state index is -3.55. The van der Waals surface area contributed by atoms with Gasteiger partial charge in [-0.15, -0.1) is 11.3 Å². The molecule has 21 heavy (non-hydrogen) atoms. The summed E-state index contributed by atoms with van der Waals surface area (Å²) in [7, 11) is -2.23. The Morgan fingerprint density at radius 1 is 1.52 bits per heavy atom. The molecule has 0 radical (unpaired) electrons. The molecule has 0 amide bonds. The zero-order valence-electron chi connectivity index (χ0n) is 11.4. The number of hydrogen-bond acceptors (Lipinski definition) is 6. The molecule has 1 saturated heterocycles. The Kier molecular flexibility index (Phi) is 3.76. The molecule has 2 heterocycles. The van der Waals surface area contributed by atoms with E-state index in [9.17, 15) is 13.2 Å². The number of thiazole rings is 1. The van der Waals surface area contributed by atoms with E-state index in [1.165, 1.54) is 28.9 Å². The summed E-state index contributed by atoms with van der Waals surface area (Å²) in [6.45, 7) is 0.341. The molecule has 7 nitrogen and oxygen atoms in total. The number of carbonyl (C=O) groups is 1. The molecule has 1 N–H and O–H groups in total. The SMILES string of the molecule is COC(C(=O)O)C1CN(S(=O)(=O)c2cnc(C3CC3)s2)C1. The van der Waals surface area contributed by atoms with Gasteiger partial charge >= 0.3 is 5.97 Å². The van der Waals surface area contributed by atoms with Crippen LogP contribution in [0, 0.1) is 5.92 Å². The summed E-state index contributed by atoms with van der Waals surface area (Å²) in [6.07, 6.45) is 2.60. The van der Waals surface area contributed by atoms with Gasteiger partial charge in [-0.2, -0.15) is 4.31 Å². The van der Waals surface area contributed by atoms with Crippen LogP contribution in [0.1, 0.15) is 23.8 Å². The van der Waals surface area contributed by atoms with Gasteiger partial charge in [-0.3, -0.25) is 0 Å². The van der Waals surface area contributed by atoms with Gasteiger partial charge in [-0.05, 0) is 12.8 Å². The Bertz CT molecular complexity index is 646. The van der Waals surface area contributed by atoms with E-state index in [0.717, 1.165) is 17.8 Å². The van der Waals surface area contributed by atoms with E-state index < -0.39 is 22.1 Å². The molecule has 1 aliphatic heterocycles. The van der Waals surface area contributed by atoms with Gasteiger partial charge < -0.3 is 9.84 Å². The molecule has 1 saturated carbocycles. The van der Waals surface area contributed by atoms with Gasteiger partial charge in [0.05, 0.1) is 11.2 Å². The first-order chi connectivity index (χ1) is 9.93. The Morgan fingerprint density at radius 3 is 2.71 bits per heavy atom. The predicted molar refractivity (Wildman–Crippen MR) is 74.8 cm³/mol. The van der Waals surface area contributed by atoms with Crippen LogP contribution >= 0.6 is 11.3 Å². The average molecular weight is 332 g/mol. The fraction of sp³-hybridized carbons (Fsp3) is 0.667. The number of hydrogen-bond donors (Lipinski definition) is 1. The van der Waals surface area contributed by atoms with E-state index in [1.54, 1.807) is 0 Å². The van der Waals surface area contributed by atoms with Gasteiger partial charge in [0.1, 0.15) is 0 Å². The molecule has 1 aliphatic carbocycles. The maximum absolute atomic E-state index is 12.4. The molecule has 0 bridgehead atoms. The lowest BCUT2D eigenvalue weighted by Crippen LogP contribution is -2.56. The molecule has 3 rings (SSSR count). The van der Waals surface area contributed by atoms with Crippen molar-refractivity contribution < 1.29 is 23.1 Å². The molecule has 9 heteroatoms. The highest BCUT2D eigenvalue weighted by Gasteiger charge is 2.44. The standard InChI is InChI=1S/C12H16N2O5S2/c1-19-10(12(15)16)8-5-14(6-8)21(17,18)9-4-13-11(20-9)7-2-3-7/h4,7-8,10H,2-3,5-6H2,1H3,(H,15,16). The number of carboxylic acids is 1. The van der Waals surface area contributed by atoms with E-state index in [-0.39, 0.29) is 23.2 Å². The second kappa shape index (κ2) is 5.31. The van der Waals surface area contributed by atoms with Crippen LogP contribution in [-0.4, -0.2) is 55.1 Å². The van der Waals surface area contributed by atoms with Crippen LogP contribution in [0.4, 0.5) is 0 Å². The van der Waals surface area contributed by atoms with Crippen LogP contribution in [0.15, 0.2) is 10.4 Å². The predicted octanol–water partition coefficient (Wildman–Crippen LogP) is 0.741. The summed E-state index contributed by atoms with van der Waals surface area (Å²) < 4.78 is 31.2. The topological polar surface area (TPSA) is 96.8 Å². The lowest BCUT2D eigenvalue weighted by molar-refractivity contribution is -0.154. The highest BCUT2D eigenvalue weighted by Crippen LogP contribution is 2.43. The third-order valence-corrected chi connectivity index (χ3v) is 7.25. The van der Waals surface area contributed by atoms with E-state index in [0.29, 0.717) is 5.92 Å². The smallest absolute Gasteiger partial charge is 0.333 e. The molecular weight excluding hydrogens is 316 g/mol. The third-order valence-electron chi connectivity index (χ3n) is 3.82. The van der Waals surface area contributed by atoms with Crippen molar-refractivity contribution in [3.8, 4) is 0 Å². The van der Waals surface area contributed by atoms with Crippen molar-refractivity contribution in [1.82, 2.24) is 9.29 Å². The molecule has 1 unspecified atom stereocenters. The fourth-order valence-electron chi connectivity index (χ4n) is 2.39. The van der Waals surface area contributed by atoms with Crippen LogP contribution in [0.2, 0.25) is 0 Å². The first kappa shape index (κ1) is 14.9. The second-order valence-electron chi connectivity index (χ2n) is 5.37. The number of sulfonamides is 1. The first-order valence-electron chi connectivity index (χ1n) is 6.65. The molecule has 1 aromatic heterocycles. The molecule has 2 fully saturated rings. The summed E-state index contributed by atoms with van der Waals surface area (Å²) in [5.74, 6) is -0.945. The fourth-order valence-corrected chi connectivity index (χ4v) is 5.42. The lowest BCUT2D eigenvalue weighted by Gasteiger charge is -2.39. The molecule has 0 aromatic carbocycles. The molecule has 2 aliphatic rings. The number of nitrogens with zero attached hydrogens (tertiary/aromatic N) is 2. The van der Waals surface area contributed by atoms with Crippen molar-refractivity contribution >= 4 is 27.3 Å². The van der Waals surface area contributed by atoms with Crippen LogP contribution in [-0.2, 0) is 19.6 Å². The van der Waals surface area contributed by atoms with Crippen molar-refractivity contribution in [2.24, 2.45) is 5.92 Å². The Morgan fingerprint density at radius 2 is 2.19 bits per heavy atom. The van der Waals surface area contributed by atoms with E-state index in [4.69, 9.17) is 9.84 Å². The summed E-state index contributed by atoms with van der Waals surface area (Å²) >= 11 is 1.22. The maximum Gasteiger partial charge on any atom is 0.333 e. The van der Waals surface area contributed by atoms with E-state index in [1.807, 2.05) is 0 Å². The van der Waals surface area contributed by atoms with Crippen LogP contribution in [0.3, 0.4) is 0 Å². The number of rotatable bonds is 6. The van der Waals surface area contributed by atoms with Crippen molar-refractivity contribution in [3.05, 3.63) is 11.2 Å². The Labute approximate surface area is 126 Å². The molecule has 116 valence electrons. The number of ether oxygens (including phenoxy) is 1. The van der Waals surface area contributed by atoms with Crippen LogP contribution < -0.4 is 0 Å². The van der Waals surface area contributed by atoms with Gasteiger partial charge in [0, 0.05) is 32.0 Å². The lowest BCUT2D eigenvalue weighted by atomic mass is 9.96. The third kappa shape index (κ3) is 2.70. The van der Waals surface area contributed by atoms with Crippen LogP contribution in [0.5, 0.6) is 0 Å². The van der Waals surface area contributed by atoms with E-state index in [2.05, 4.69) is 4.98 Å². The van der Waals surface area contributed by atoms with Gasteiger partial charge in [-0.1, -0.05) is 0 Å². The quantitative estimate of drug-likeness (QED) is 0.825. The minimum Gasteiger partial charge on any atom is -0.479 e. The average Bonchev–Trinajstić information content (AvgIpc) is 3.09. The van der Waals surface area contributed by atoms with Crippen molar-refractivity contribution in [3.63, 3.8) is 0 Å². The van der Waals surface area contributed by atoms with Gasteiger partial charge in [0.25, 0.3) is 10.0 Å². The number of aliphatic carboxylic acids is 1. The van der Waals surface area contributed by atoms with Crippen molar-refractivity contribution in [2.75, 3.05) is 20.2 Å². The van der Waals surface area contributed by atoms with Crippen molar-refractivity contribution in [2.45, 2.75) is 29.1 Å². The minimum absolute atomic E-state index is 0.170.